The topological polar surface area (TPSA) is 145 Å². The third-order valence-corrected chi connectivity index (χ3v) is 5.16. The van der Waals surface area contributed by atoms with Gasteiger partial charge in [0.05, 0.1) is 13.1 Å². The predicted octanol–water partition coefficient (Wildman–Crippen LogP) is 1.54. The Labute approximate surface area is 204 Å². The van der Waals surface area contributed by atoms with E-state index in [1.54, 1.807) is 0 Å². The second-order valence-corrected chi connectivity index (χ2v) is 8.65. The summed E-state index contributed by atoms with van der Waals surface area (Å²) in [5, 5.41) is 26.9. The number of hydrogen-bond donors (Lipinski definition) is 4. The zero-order chi connectivity index (χ0) is 26.0. The van der Waals surface area contributed by atoms with Gasteiger partial charge in [-0.3, -0.25) is 4.79 Å². The van der Waals surface area contributed by atoms with Crippen LogP contribution in [0, 0.1) is 5.92 Å². The number of carbonyl (C=O) groups excluding carboxylic acids is 3. The Morgan fingerprint density at radius 1 is 1.03 bits per heavy atom. The Morgan fingerprint density at radius 3 is 2.37 bits per heavy atom. The molecule has 0 heterocycles. The molecule has 35 heavy (non-hydrogen) atoms. The largest absolute Gasteiger partial charge is 0.480 e. The lowest BCUT2D eigenvalue weighted by molar-refractivity contribution is -0.154. The van der Waals surface area contributed by atoms with Crippen LogP contribution in [-0.2, 0) is 25.5 Å². The molecule has 190 valence electrons. The first-order chi connectivity index (χ1) is 16.6. The number of carbonyl (C=O) groups is 4. The number of carboxylic acid groups (broad SMARTS) is 1. The van der Waals surface area contributed by atoms with E-state index in [1.807, 2.05) is 56.3 Å². The molecule has 0 fully saturated rings. The maximum Gasteiger partial charge on any atom is 0.336 e. The summed E-state index contributed by atoms with van der Waals surface area (Å²) in [6.45, 7) is 4.80. The van der Waals surface area contributed by atoms with E-state index < -0.39 is 30.1 Å². The molecule has 2 atom stereocenters. The zero-order valence-electron chi connectivity index (χ0n) is 20.2. The first kappa shape index (κ1) is 27.6. The van der Waals surface area contributed by atoms with E-state index >= 15 is 0 Å². The van der Waals surface area contributed by atoms with Crippen molar-refractivity contribution in [1.82, 2.24) is 15.5 Å². The summed E-state index contributed by atoms with van der Waals surface area (Å²) in [6, 6.07) is 11.2. The quantitative estimate of drug-likeness (QED) is 0.262. The Morgan fingerprint density at radius 2 is 1.71 bits per heavy atom. The molecule has 1 unspecified atom stereocenters. The summed E-state index contributed by atoms with van der Waals surface area (Å²) in [4.78, 5) is 49.1. The van der Waals surface area contributed by atoms with Crippen LogP contribution in [0.5, 0.6) is 0 Å². The van der Waals surface area contributed by atoms with Crippen LogP contribution in [0.25, 0.3) is 10.8 Å². The van der Waals surface area contributed by atoms with Crippen molar-refractivity contribution in [2.45, 2.75) is 39.3 Å². The summed E-state index contributed by atoms with van der Waals surface area (Å²) in [6.07, 6.45) is -1.57. The third-order valence-electron chi connectivity index (χ3n) is 5.16. The highest BCUT2D eigenvalue weighted by atomic mass is 16.5. The minimum atomic E-state index is -1.63. The minimum Gasteiger partial charge on any atom is -0.480 e. The van der Waals surface area contributed by atoms with Crippen molar-refractivity contribution >= 4 is 34.6 Å². The van der Waals surface area contributed by atoms with Crippen LogP contribution >= 0.6 is 0 Å². The molecule has 4 N–H and O–H groups in total. The standard InChI is InChI=1S/C25H33N3O7/c1-16(2)14-28(15-22(30)24(33)35-12-11-26-17(3)29)25(34)27-21(23(31)32)13-19-9-6-8-18-7-4-5-10-20(18)19/h4-10,16,21-22,30H,11-15H2,1-3H3,(H,26,29)(H,27,34)(H,31,32)/t21-,22?/m0/s1. The number of fused-ring (bicyclic) bond motifs is 1. The summed E-state index contributed by atoms with van der Waals surface area (Å²) in [5.41, 5.74) is 0.772. The Balaban J connectivity index is 2.07. The van der Waals surface area contributed by atoms with E-state index in [4.69, 9.17) is 4.74 Å². The van der Waals surface area contributed by atoms with Gasteiger partial charge in [-0.1, -0.05) is 56.3 Å². The molecule has 10 heteroatoms. The lowest BCUT2D eigenvalue weighted by atomic mass is 9.99. The van der Waals surface area contributed by atoms with Crippen LogP contribution in [0.3, 0.4) is 0 Å². The number of carboxylic acids is 1. The number of aliphatic hydroxyl groups is 1. The number of benzene rings is 2. The number of nitrogens with one attached hydrogen (secondary N) is 2. The van der Waals surface area contributed by atoms with Crippen LogP contribution in [0.1, 0.15) is 26.3 Å². The lowest BCUT2D eigenvalue weighted by Gasteiger charge is -2.28. The van der Waals surface area contributed by atoms with Crippen molar-refractivity contribution in [3.05, 3.63) is 48.0 Å². The van der Waals surface area contributed by atoms with Crippen molar-refractivity contribution in [1.29, 1.82) is 0 Å². The first-order valence-electron chi connectivity index (χ1n) is 11.4. The highest BCUT2D eigenvalue weighted by molar-refractivity contribution is 5.88. The SMILES string of the molecule is CC(=O)NCCOC(=O)C(O)CN(CC(C)C)C(=O)N[C@@H](Cc1cccc2ccccc12)C(=O)O. The van der Waals surface area contributed by atoms with Crippen molar-refractivity contribution in [2.75, 3.05) is 26.2 Å². The number of aliphatic carboxylic acids is 1. The molecule has 0 aliphatic carbocycles. The molecule has 0 aliphatic rings. The molecule has 2 aromatic carbocycles. The summed E-state index contributed by atoms with van der Waals surface area (Å²) in [5.74, 6) is -2.43. The number of amides is 3. The number of hydrogen-bond acceptors (Lipinski definition) is 6. The molecule has 0 spiro atoms. The van der Waals surface area contributed by atoms with Crippen molar-refractivity contribution in [3.63, 3.8) is 0 Å². The van der Waals surface area contributed by atoms with Crippen LogP contribution in [0.4, 0.5) is 4.79 Å². The number of ether oxygens (including phenoxy) is 1. The van der Waals surface area contributed by atoms with Crippen LogP contribution < -0.4 is 10.6 Å². The maximum atomic E-state index is 13.0. The molecule has 0 aromatic heterocycles. The molecule has 3 amide bonds. The molecule has 0 saturated heterocycles. The smallest absolute Gasteiger partial charge is 0.336 e. The van der Waals surface area contributed by atoms with Gasteiger partial charge in [0.1, 0.15) is 12.6 Å². The van der Waals surface area contributed by atoms with Gasteiger partial charge >= 0.3 is 18.0 Å². The molecule has 0 aliphatic heterocycles. The minimum absolute atomic E-state index is 0.00918. The lowest BCUT2D eigenvalue weighted by Crippen LogP contribution is -2.52. The van der Waals surface area contributed by atoms with Gasteiger partial charge in [-0.15, -0.1) is 0 Å². The van der Waals surface area contributed by atoms with E-state index in [0.717, 1.165) is 16.3 Å². The number of nitrogens with zero attached hydrogens (tertiary/aromatic N) is 1. The second kappa shape index (κ2) is 13.3. The van der Waals surface area contributed by atoms with E-state index in [2.05, 4.69) is 10.6 Å². The molecule has 0 radical (unpaired) electrons. The zero-order valence-corrected chi connectivity index (χ0v) is 20.2. The van der Waals surface area contributed by atoms with Crippen LogP contribution in [0.2, 0.25) is 0 Å². The fourth-order valence-electron chi connectivity index (χ4n) is 3.57. The van der Waals surface area contributed by atoms with Gasteiger partial charge in [0.2, 0.25) is 5.91 Å². The Bertz CT molecular complexity index is 1040. The van der Waals surface area contributed by atoms with Crippen LogP contribution in [0.15, 0.2) is 42.5 Å². The second-order valence-electron chi connectivity index (χ2n) is 8.65. The molecule has 0 saturated carbocycles. The summed E-state index contributed by atoms with van der Waals surface area (Å²) < 4.78 is 4.92. The highest BCUT2D eigenvalue weighted by Gasteiger charge is 2.28. The highest BCUT2D eigenvalue weighted by Crippen LogP contribution is 2.20. The molecular weight excluding hydrogens is 454 g/mol. The number of esters is 1. The van der Waals surface area contributed by atoms with E-state index in [9.17, 15) is 29.4 Å². The van der Waals surface area contributed by atoms with Gasteiger partial charge in [-0.05, 0) is 22.3 Å². The average molecular weight is 488 g/mol. The monoisotopic (exact) mass is 487 g/mol. The number of urea groups is 1. The average Bonchev–Trinajstić information content (AvgIpc) is 2.80. The van der Waals surface area contributed by atoms with Gasteiger partial charge in [0.15, 0.2) is 6.10 Å². The number of aliphatic hydroxyl groups excluding tert-OH is 1. The molecular formula is C25H33N3O7. The first-order valence-corrected chi connectivity index (χ1v) is 11.4. The predicted molar refractivity (Wildman–Crippen MR) is 130 cm³/mol. The molecule has 10 nitrogen and oxygen atoms in total. The summed E-state index contributed by atoms with van der Waals surface area (Å²) in [7, 11) is 0. The van der Waals surface area contributed by atoms with Gasteiger partial charge in [-0.2, -0.15) is 0 Å². The van der Waals surface area contributed by atoms with Crippen LogP contribution in [-0.4, -0.2) is 77.4 Å². The Kier molecular flexibility index (Phi) is 10.5. The molecule has 0 bridgehead atoms. The fourth-order valence-corrected chi connectivity index (χ4v) is 3.57. The summed E-state index contributed by atoms with van der Waals surface area (Å²) >= 11 is 0. The van der Waals surface area contributed by atoms with Crippen molar-refractivity contribution < 1.29 is 34.1 Å². The van der Waals surface area contributed by atoms with Gasteiger partial charge < -0.3 is 30.5 Å². The number of rotatable bonds is 12. The van der Waals surface area contributed by atoms with Gasteiger partial charge in [-0.25, -0.2) is 14.4 Å². The normalized spacial score (nSPS) is 12.6. The van der Waals surface area contributed by atoms with E-state index in [1.165, 1.54) is 11.8 Å². The van der Waals surface area contributed by atoms with Crippen molar-refractivity contribution in [3.8, 4) is 0 Å². The third kappa shape index (κ3) is 8.90. The van der Waals surface area contributed by atoms with Gasteiger partial charge in [0.25, 0.3) is 0 Å². The van der Waals surface area contributed by atoms with E-state index in [0.29, 0.717) is 0 Å². The molecule has 2 rings (SSSR count). The Hall–Kier alpha value is -3.66. The van der Waals surface area contributed by atoms with Crippen molar-refractivity contribution in [2.24, 2.45) is 5.92 Å². The van der Waals surface area contributed by atoms with Gasteiger partial charge in [0, 0.05) is 19.9 Å². The maximum absolute atomic E-state index is 13.0. The molecule has 2 aromatic rings. The fraction of sp³-hybridized carbons (Fsp3) is 0.440. The van der Waals surface area contributed by atoms with E-state index in [-0.39, 0.29) is 44.5 Å².